The van der Waals surface area contributed by atoms with Crippen molar-refractivity contribution in [2.24, 2.45) is 0 Å². The Bertz CT molecular complexity index is 1180. The average molecular weight is 386 g/mol. The van der Waals surface area contributed by atoms with Gasteiger partial charge in [-0.25, -0.2) is 18.7 Å². The second-order valence-electron chi connectivity index (χ2n) is 5.84. The first-order chi connectivity index (χ1) is 13.4. The lowest BCUT2D eigenvalue weighted by atomic mass is 10.1. The maximum atomic E-state index is 14.2. The highest BCUT2D eigenvalue weighted by Crippen LogP contribution is 2.34. The molecular weight excluding hydrogens is 374 g/mol. The molecule has 4 N–H and O–H groups in total. The Morgan fingerprint density at radius 2 is 2.00 bits per heavy atom. The fourth-order valence-corrected chi connectivity index (χ4v) is 2.73. The molecule has 1 aromatic carbocycles. The second kappa shape index (κ2) is 6.61. The van der Waals surface area contributed by atoms with E-state index in [0.29, 0.717) is 5.69 Å². The summed E-state index contributed by atoms with van der Waals surface area (Å²) in [6, 6.07) is 3.40. The number of benzene rings is 1. The number of hydrogen-bond acceptors (Lipinski definition) is 6. The Balaban J connectivity index is 1.82. The van der Waals surface area contributed by atoms with E-state index in [4.69, 9.17) is 5.11 Å². The van der Waals surface area contributed by atoms with Crippen LogP contribution in [0.4, 0.5) is 20.3 Å². The molecule has 28 heavy (non-hydrogen) atoms. The lowest BCUT2D eigenvalue weighted by molar-refractivity contribution is -0.137. The molecule has 3 aromatic heterocycles. The van der Waals surface area contributed by atoms with Crippen molar-refractivity contribution in [1.82, 2.24) is 24.7 Å². The molecular formula is C17H12F2N6O3. The topological polar surface area (TPSA) is 129 Å². The summed E-state index contributed by atoms with van der Waals surface area (Å²) in [5.41, 5.74) is 0.182. The molecule has 0 aliphatic rings. The summed E-state index contributed by atoms with van der Waals surface area (Å²) >= 11 is 0. The van der Waals surface area contributed by atoms with Crippen LogP contribution >= 0.6 is 0 Å². The molecule has 3 heterocycles. The molecule has 0 fully saturated rings. The summed E-state index contributed by atoms with van der Waals surface area (Å²) in [5.74, 6) is -3.13. The standard InChI is InChI=1S/C17H12F2N6O3/c18-9-2-1-3-10(19)13(9)15-23-11-5-20-17(28)14(11)16(24-15)22-8-4-21-25(6-8)7-12(26)27/h1-6,20,28H,7H2,(H,26,27)(H,22,23,24). The van der Waals surface area contributed by atoms with E-state index >= 15 is 0 Å². The van der Waals surface area contributed by atoms with Crippen molar-refractivity contribution >= 4 is 28.4 Å². The summed E-state index contributed by atoms with van der Waals surface area (Å²) in [6.07, 6.45) is 4.13. The van der Waals surface area contributed by atoms with Crippen LogP contribution in [0.5, 0.6) is 5.88 Å². The van der Waals surface area contributed by atoms with E-state index in [9.17, 15) is 18.7 Å². The molecule has 142 valence electrons. The average Bonchev–Trinajstić information content (AvgIpc) is 3.21. The number of rotatable bonds is 5. The van der Waals surface area contributed by atoms with E-state index < -0.39 is 23.2 Å². The summed E-state index contributed by atoms with van der Waals surface area (Å²) < 4.78 is 29.5. The summed E-state index contributed by atoms with van der Waals surface area (Å²) in [4.78, 5) is 21.6. The van der Waals surface area contributed by atoms with Crippen LogP contribution in [0.2, 0.25) is 0 Å². The number of carboxylic acid groups (broad SMARTS) is 1. The summed E-state index contributed by atoms with van der Waals surface area (Å²) in [5, 5.41) is 25.8. The first kappa shape index (κ1) is 17.4. The molecule has 4 aromatic rings. The Kier molecular flexibility index (Phi) is 4.11. The Labute approximate surface area is 155 Å². The smallest absolute Gasteiger partial charge is 0.325 e. The quantitative estimate of drug-likeness (QED) is 0.415. The number of hydrogen-bond donors (Lipinski definition) is 4. The monoisotopic (exact) mass is 386 g/mol. The minimum atomic E-state index is -1.07. The van der Waals surface area contributed by atoms with Gasteiger partial charge in [0.15, 0.2) is 5.82 Å². The summed E-state index contributed by atoms with van der Waals surface area (Å²) in [7, 11) is 0. The predicted molar refractivity (Wildman–Crippen MR) is 94.1 cm³/mol. The van der Waals surface area contributed by atoms with Gasteiger partial charge in [0, 0.05) is 12.4 Å². The fraction of sp³-hybridized carbons (Fsp3) is 0.0588. The van der Waals surface area contributed by atoms with Crippen molar-refractivity contribution in [3.63, 3.8) is 0 Å². The molecule has 0 unspecified atom stereocenters. The minimum Gasteiger partial charge on any atom is -0.494 e. The van der Waals surface area contributed by atoms with Crippen LogP contribution in [0.1, 0.15) is 0 Å². The van der Waals surface area contributed by atoms with Crippen LogP contribution < -0.4 is 5.32 Å². The van der Waals surface area contributed by atoms with Gasteiger partial charge in [-0.2, -0.15) is 5.10 Å². The molecule has 4 rings (SSSR count). The molecule has 0 aliphatic carbocycles. The van der Waals surface area contributed by atoms with Gasteiger partial charge in [0.05, 0.1) is 23.0 Å². The number of nitrogens with one attached hydrogen (secondary N) is 2. The fourth-order valence-electron chi connectivity index (χ4n) is 2.73. The van der Waals surface area contributed by atoms with Crippen LogP contribution in [0, 0.1) is 11.6 Å². The molecule has 0 radical (unpaired) electrons. The Morgan fingerprint density at radius 3 is 2.71 bits per heavy atom. The third kappa shape index (κ3) is 3.09. The first-order valence-electron chi connectivity index (χ1n) is 7.96. The molecule has 0 aliphatic heterocycles. The number of anilines is 2. The maximum Gasteiger partial charge on any atom is 0.325 e. The molecule has 0 bridgehead atoms. The molecule has 0 amide bonds. The van der Waals surface area contributed by atoms with Crippen LogP contribution in [0.15, 0.2) is 36.8 Å². The van der Waals surface area contributed by atoms with E-state index in [1.54, 1.807) is 0 Å². The molecule has 0 atom stereocenters. The second-order valence-corrected chi connectivity index (χ2v) is 5.84. The Hall–Kier alpha value is -4.02. The van der Waals surface area contributed by atoms with E-state index in [0.717, 1.165) is 12.1 Å². The van der Waals surface area contributed by atoms with Crippen molar-refractivity contribution in [1.29, 1.82) is 0 Å². The van der Waals surface area contributed by atoms with Crippen LogP contribution in [0.25, 0.3) is 22.3 Å². The zero-order valence-corrected chi connectivity index (χ0v) is 14.0. The van der Waals surface area contributed by atoms with E-state index in [2.05, 4.69) is 25.4 Å². The normalized spacial score (nSPS) is 11.1. The number of carboxylic acids is 1. The van der Waals surface area contributed by atoms with Gasteiger partial charge in [-0.3, -0.25) is 9.48 Å². The highest BCUT2D eigenvalue weighted by atomic mass is 19.1. The van der Waals surface area contributed by atoms with Crippen LogP contribution in [-0.2, 0) is 11.3 Å². The molecule has 11 heteroatoms. The van der Waals surface area contributed by atoms with Gasteiger partial charge in [-0.05, 0) is 12.1 Å². The lowest BCUT2D eigenvalue weighted by Crippen LogP contribution is -2.08. The molecule has 0 saturated carbocycles. The molecule has 0 spiro atoms. The zero-order valence-electron chi connectivity index (χ0n) is 14.0. The third-order valence-electron chi connectivity index (χ3n) is 3.90. The van der Waals surface area contributed by atoms with E-state index in [-0.39, 0.29) is 35.0 Å². The van der Waals surface area contributed by atoms with Crippen molar-refractivity contribution in [2.45, 2.75) is 6.54 Å². The number of fused-ring (bicyclic) bond motifs is 1. The van der Waals surface area contributed by atoms with Gasteiger partial charge in [-0.15, -0.1) is 0 Å². The van der Waals surface area contributed by atoms with Gasteiger partial charge in [0.2, 0.25) is 5.88 Å². The van der Waals surface area contributed by atoms with Crippen molar-refractivity contribution < 1.29 is 23.8 Å². The molecule has 9 nitrogen and oxygen atoms in total. The zero-order chi connectivity index (χ0) is 19.8. The SMILES string of the molecule is O=C(O)Cn1cc(Nc2nc(-c3c(F)cccc3F)nc3c[nH]c(O)c23)cn1. The number of nitrogens with zero attached hydrogens (tertiary/aromatic N) is 4. The van der Waals surface area contributed by atoms with Crippen LogP contribution in [0.3, 0.4) is 0 Å². The van der Waals surface area contributed by atoms with Gasteiger partial charge in [0.1, 0.15) is 29.4 Å². The number of carbonyl (C=O) groups is 1. The third-order valence-corrected chi connectivity index (χ3v) is 3.90. The van der Waals surface area contributed by atoms with Crippen molar-refractivity contribution in [3.05, 3.63) is 48.4 Å². The van der Waals surface area contributed by atoms with Crippen molar-refractivity contribution in [2.75, 3.05) is 5.32 Å². The van der Waals surface area contributed by atoms with E-state index in [1.165, 1.54) is 29.3 Å². The highest BCUT2D eigenvalue weighted by Gasteiger charge is 2.19. The first-order valence-corrected chi connectivity index (χ1v) is 7.96. The van der Waals surface area contributed by atoms with Crippen molar-refractivity contribution in [3.8, 4) is 17.3 Å². The lowest BCUT2D eigenvalue weighted by Gasteiger charge is -2.09. The number of aliphatic carboxylic acids is 1. The highest BCUT2D eigenvalue weighted by molar-refractivity contribution is 5.96. The largest absolute Gasteiger partial charge is 0.494 e. The van der Waals surface area contributed by atoms with Crippen LogP contribution in [-0.4, -0.2) is 40.9 Å². The predicted octanol–water partition coefficient (Wildman–Crippen LogP) is 2.63. The summed E-state index contributed by atoms with van der Waals surface area (Å²) in [6.45, 7) is -0.345. The molecule has 0 saturated heterocycles. The number of aromatic nitrogens is 5. The number of aromatic amines is 1. The maximum absolute atomic E-state index is 14.2. The van der Waals surface area contributed by atoms with Gasteiger partial charge >= 0.3 is 5.97 Å². The Morgan fingerprint density at radius 1 is 1.25 bits per heavy atom. The van der Waals surface area contributed by atoms with Gasteiger partial charge in [-0.1, -0.05) is 6.07 Å². The minimum absolute atomic E-state index is 0.0660. The van der Waals surface area contributed by atoms with Gasteiger partial charge < -0.3 is 20.5 Å². The number of halogens is 2. The van der Waals surface area contributed by atoms with E-state index in [1.807, 2.05) is 0 Å². The number of aromatic hydroxyl groups is 1. The number of H-pyrrole nitrogens is 1. The van der Waals surface area contributed by atoms with Gasteiger partial charge in [0.25, 0.3) is 0 Å².